The molecule has 0 spiro atoms. The second-order valence-electron chi connectivity index (χ2n) is 6.09. The van der Waals surface area contributed by atoms with E-state index in [4.69, 9.17) is 0 Å². The fraction of sp³-hybridized carbons (Fsp3) is 0.643. The quantitative estimate of drug-likeness (QED) is 0.770. The average molecular weight is 315 g/mol. The van der Waals surface area contributed by atoms with E-state index in [2.05, 4.69) is 46.6 Å². The van der Waals surface area contributed by atoms with Crippen molar-refractivity contribution in [3.63, 3.8) is 0 Å². The molecular weight excluding hydrogens is 295 g/mol. The standard InChI is InChI=1S/C14H20BrFN2/c1-14(2,3)10-4-6-18(7-5-10)13-12(16)8-11(15)9-17-13/h8-10H,4-7H2,1-3H3. The molecule has 0 saturated carbocycles. The third kappa shape index (κ3) is 3.02. The SMILES string of the molecule is CC(C)(C)C1CCN(c2ncc(Br)cc2F)CC1. The van der Waals surface area contributed by atoms with Gasteiger partial charge in [-0.1, -0.05) is 20.8 Å². The molecule has 100 valence electrons. The summed E-state index contributed by atoms with van der Waals surface area (Å²) in [5, 5.41) is 0. The first-order valence-electron chi connectivity index (χ1n) is 6.44. The summed E-state index contributed by atoms with van der Waals surface area (Å²) in [7, 11) is 0. The molecule has 18 heavy (non-hydrogen) atoms. The van der Waals surface area contributed by atoms with Crippen molar-refractivity contribution >= 4 is 21.7 Å². The van der Waals surface area contributed by atoms with E-state index in [9.17, 15) is 4.39 Å². The second-order valence-corrected chi connectivity index (χ2v) is 7.00. The fourth-order valence-electron chi connectivity index (χ4n) is 2.60. The smallest absolute Gasteiger partial charge is 0.166 e. The molecule has 1 aromatic rings. The molecule has 1 saturated heterocycles. The van der Waals surface area contributed by atoms with Crippen LogP contribution in [0.15, 0.2) is 16.7 Å². The number of nitrogens with zero attached hydrogens (tertiary/aromatic N) is 2. The van der Waals surface area contributed by atoms with Crippen LogP contribution in [-0.2, 0) is 0 Å². The molecule has 2 nitrogen and oxygen atoms in total. The Balaban J connectivity index is 2.06. The molecule has 0 bridgehead atoms. The molecule has 1 aromatic heterocycles. The zero-order valence-corrected chi connectivity index (χ0v) is 12.8. The summed E-state index contributed by atoms with van der Waals surface area (Å²) in [6.07, 6.45) is 3.88. The minimum absolute atomic E-state index is 0.237. The molecule has 2 heterocycles. The zero-order chi connectivity index (χ0) is 13.3. The highest BCUT2D eigenvalue weighted by Gasteiger charge is 2.29. The van der Waals surface area contributed by atoms with Crippen molar-refractivity contribution in [2.45, 2.75) is 33.6 Å². The molecule has 1 aliphatic rings. The van der Waals surface area contributed by atoms with Crippen molar-refractivity contribution in [3.05, 3.63) is 22.6 Å². The summed E-state index contributed by atoms with van der Waals surface area (Å²) in [6, 6.07) is 1.48. The Morgan fingerprint density at radius 1 is 1.33 bits per heavy atom. The summed E-state index contributed by atoms with van der Waals surface area (Å²) >= 11 is 3.23. The maximum Gasteiger partial charge on any atom is 0.166 e. The Hall–Kier alpha value is -0.640. The lowest BCUT2D eigenvalue weighted by atomic mass is 9.75. The Kier molecular flexibility index (Phi) is 3.95. The molecule has 1 fully saturated rings. The van der Waals surface area contributed by atoms with Crippen molar-refractivity contribution in [3.8, 4) is 0 Å². The number of halogens is 2. The van der Waals surface area contributed by atoms with Crippen LogP contribution in [0.3, 0.4) is 0 Å². The molecule has 4 heteroatoms. The number of piperidine rings is 1. The summed E-state index contributed by atoms with van der Waals surface area (Å²) in [4.78, 5) is 6.25. The van der Waals surface area contributed by atoms with Gasteiger partial charge in [-0.2, -0.15) is 0 Å². The number of rotatable bonds is 1. The van der Waals surface area contributed by atoms with E-state index >= 15 is 0 Å². The minimum atomic E-state index is -0.237. The van der Waals surface area contributed by atoms with Gasteiger partial charge in [0.15, 0.2) is 11.6 Å². The summed E-state index contributed by atoms with van der Waals surface area (Å²) in [6.45, 7) is 8.64. The highest BCUT2D eigenvalue weighted by atomic mass is 79.9. The first-order chi connectivity index (χ1) is 8.38. The van der Waals surface area contributed by atoms with Crippen LogP contribution >= 0.6 is 15.9 Å². The number of hydrogen-bond donors (Lipinski definition) is 0. The summed E-state index contributed by atoms with van der Waals surface area (Å²) in [5.74, 6) is 0.969. The van der Waals surface area contributed by atoms with Crippen molar-refractivity contribution in [1.82, 2.24) is 4.98 Å². The normalized spacial score (nSPS) is 18.2. The van der Waals surface area contributed by atoms with Gasteiger partial charge in [0.1, 0.15) is 0 Å². The van der Waals surface area contributed by atoms with Crippen molar-refractivity contribution in [2.75, 3.05) is 18.0 Å². The van der Waals surface area contributed by atoms with Crippen molar-refractivity contribution in [2.24, 2.45) is 11.3 Å². The van der Waals surface area contributed by atoms with E-state index in [1.54, 1.807) is 6.20 Å². The molecule has 0 unspecified atom stereocenters. The highest BCUT2D eigenvalue weighted by Crippen LogP contribution is 2.35. The number of aromatic nitrogens is 1. The van der Waals surface area contributed by atoms with Crippen LogP contribution in [-0.4, -0.2) is 18.1 Å². The fourth-order valence-corrected chi connectivity index (χ4v) is 2.90. The van der Waals surface area contributed by atoms with Crippen LogP contribution in [0.4, 0.5) is 10.2 Å². The topological polar surface area (TPSA) is 16.1 Å². The van der Waals surface area contributed by atoms with Crippen LogP contribution in [0.1, 0.15) is 33.6 Å². The average Bonchev–Trinajstić information content (AvgIpc) is 2.28. The molecule has 2 rings (SSSR count). The van der Waals surface area contributed by atoms with Gasteiger partial charge < -0.3 is 4.90 Å². The van der Waals surface area contributed by atoms with E-state index in [0.717, 1.165) is 25.9 Å². The monoisotopic (exact) mass is 314 g/mol. The predicted molar refractivity (Wildman–Crippen MR) is 76.3 cm³/mol. The van der Waals surface area contributed by atoms with Gasteiger partial charge in [-0.25, -0.2) is 9.37 Å². The summed E-state index contributed by atoms with van der Waals surface area (Å²) < 4.78 is 14.5. The lowest BCUT2D eigenvalue weighted by molar-refractivity contribution is 0.198. The van der Waals surface area contributed by atoms with Gasteiger partial charge in [0.05, 0.1) is 0 Å². The van der Waals surface area contributed by atoms with Gasteiger partial charge in [-0.3, -0.25) is 0 Å². The second kappa shape index (κ2) is 5.16. The van der Waals surface area contributed by atoms with Crippen LogP contribution in [0.25, 0.3) is 0 Å². The van der Waals surface area contributed by atoms with Gasteiger partial charge in [0, 0.05) is 23.8 Å². The third-order valence-electron chi connectivity index (χ3n) is 3.81. The van der Waals surface area contributed by atoms with Gasteiger partial charge in [0.25, 0.3) is 0 Å². The van der Waals surface area contributed by atoms with E-state index in [1.165, 1.54) is 6.07 Å². The van der Waals surface area contributed by atoms with Crippen LogP contribution in [0.2, 0.25) is 0 Å². The third-order valence-corrected chi connectivity index (χ3v) is 4.24. The zero-order valence-electron chi connectivity index (χ0n) is 11.2. The Bertz CT molecular complexity index is 420. The Labute approximate surface area is 117 Å². The molecule has 0 atom stereocenters. The molecular formula is C14H20BrFN2. The number of anilines is 1. The molecule has 0 N–H and O–H groups in total. The molecule has 0 aromatic carbocycles. The van der Waals surface area contributed by atoms with Crippen LogP contribution in [0.5, 0.6) is 0 Å². The summed E-state index contributed by atoms with van der Waals surface area (Å²) in [5.41, 5.74) is 0.345. The maximum atomic E-state index is 13.8. The van der Waals surface area contributed by atoms with E-state index in [1.807, 2.05) is 0 Å². The van der Waals surface area contributed by atoms with Gasteiger partial charge in [0.2, 0.25) is 0 Å². The Morgan fingerprint density at radius 3 is 2.44 bits per heavy atom. The lowest BCUT2D eigenvalue weighted by Crippen LogP contribution is -2.38. The lowest BCUT2D eigenvalue weighted by Gasteiger charge is -2.39. The highest BCUT2D eigenvalue weighted by molar-refractivity contribution is 9.10. The van der Waals surface area contributed by atoms with Crippen molar-refractivity contribution in [1.29, 1.82) is 0 Å². The minimum Gasteiger partial charge on any atom is -0.354 e. The number of hydrogen-bond acceptors (Lipinski definition) is 2. The number of pyridine rings is 1. The van der Waals surface area contributed by atoms with Crippen LogP contribution in [0, 0.1) is 17.2 Å². The molecule has 0 radical (unpaired) electrons. The first kappa shape index (κ1) is 13.8. The van der Waals surface area contributed by atoms with Gasteiger partial charge >= 0.3 is 0 Å². The Morgan fingerprint density at radius 2 is 1.94 bits per heavy atom. The largest absolute Gasteiger partial charge is 0.354 e. The maximum absolute atomic E-state index is 13.8. The van der Waals surface area contributed by atoms with E-state index < -0.39 is 0 Å². The molecule has 1 aliphatic heterocycles. The van der Waals surface area contributed by atoms with Gasteiger partial charge in [-0.05, 0) is 46.2 Å². The van der Waals surface area contributed by atoms with E-state index in [-0.39, 0.29) is 5.82 Å². The first-order valence-corrected chi connectivity index (χ1v) is 7.23. The molecule has 0 aliphatic carbocycles. The van der Waals surface area contributed by atoms with Crippen molar-refractivity contribution < 1.29 is 4.39 Å². The van der Waals surface area contributed by atoms with Crippen LogP contribution < -0.4 is 4.90 Å². The van der Waals surface area contributed by atoms with E-state index in [0.29, 0.717) is 21.6 Å². The molecule has 0 amide bonds. The van der Waals surface area contributed by atoms with Gasteiger partial charge in [-0.15, -0.1) is 0 Å². The predicted octanol–water partition coefficient (Wildman–Crippen LogP) is 4.25.